The van der Waals surface area contributed by atoms with Crippen LogP contribution in [0.1, 0.15) is 19.7 Å². The predicted octanol–water partition coefficient (Wildman–Crippen LogP) is -0.323. The van der Waals surface area contributed by atoms with Gasteiger partial charge in [-0.15, -0.1) is 0 Å². The third kappa shape index (κ3) is 4.74. The molecule has 7 heteroatoms. The molecule has 1 aromatic rings. The summed E-state index contributed by atoms with van der Waals surface area (Å²) < 4.78 is 4.85. The highest BCUT2D eigenvalue weighted by molar-refractivity contribution is 5.79. The number of guanidine groups is 1. The molecule has 0 aliphatic carbocycles. The van der Waals surface area contributed by atoms with Gasteiger partial charge in [-0.25, -0.2) is 5.84 Å². The first-order chi connectivity index (χ1) is 7.72. The standard InChI is InChI=1S/C9H18N6O/c1-7(2)5-12-9(15-10)11-4-3-8-13-6-14-16-8/h6-7H,3-5,10H2,1-2H3,(H2,11,12,15). The van der Waals surface area contributed by atoms with Gasteiger partial charge < -0.3 is 9.84 Å². The molecular formula is C9H18N6O. The lowest BCUT2D eigenvalue weighted by Gasteiger charge is -2.08. The lowest BCUT2D eigenvalue weighted by atomic mass is 10.2. The first-order valence-electron chi connectivity index (χ1n) is 5.23. The van der Waals surface area contributed by atoms with E-state index in [0.717, 1.165) is 6.54 Å². The van der Waals surface area contributed by atoms with Crippen LogP contribution in [0.3, 0.4) is 0 Å². The fourth-order valence-corrected chi connectivity index (χ4v) is 1.02. The van der Waals surface area contributed by atoms with Gasteiger partial charge in [-0.2, -0.15) is 4.98 Å². The Hall–Kier alpha value is -1.63. The molecule has 4 N–H and O–H groups in total. The molecule has 1 heterocycles. The second kappa shape index (κ2) is 6.78. The zero-order chi connectivity index (χ0) is 11.8. The van der Waals surface area contributed by atoms with Crippen molar-refractivity contribution in [3.63, 3.8) is 0 Å². The van der Waals surface area contributed by atoms with E-state index in [9.17, 15) is 0 Å². The minimum absolute atomic E-state index is 0.501. The molecule has 0 spiro atoms. The van der Waals surface area contributed by atoms with Gasteiger partial charge in [-0.05, 0) is 5.92 Å². The highest BCUT2D eigenvalue weighted by Crippen LogP contribution is 1.92. The maximum atomic E-state index is 5.32. The van der Waals surface area contributed by atoms with Crippen LogP contribution in [0.15, 0.2) is 15.8 Å². The van der Waals surface area contributed by atoms with E-state index in [-0.39, 0.29) is 0 Å². The molecular weight excluding hydrogens is 208 g/mol. The van der Waals surface area contributed by atoms with Gasteiger partial charge in [-0.1, -0.05) is 19.0 Å². The van der Waals surface area contributed by atoms with Gasteiger partial charge in [0.1, 0.15) is 0 Å². The fraction of sp³-hybridized carbons (Fsp3) is 0.667. The molecule has 16 heavy (non-hydrogen) atoms. The van der Waals surface area contributed by atoms with E-state index >= 15 is 0 Å². The highest BCUT2D eigenvalue weighted by atomic mass is 16.5. The van der Waals surface area contributed by atoms with E-state index in [1.54, 1.807) is 0 Å². The molecule has 0 bridgehead atoms. The molecule has 0 atom stereocenters. The number of nitrogens with two attached hydrogens (primary N) is 1. The van der Waals surface area contributed by atoms with Crippen molar-refractivity contribution < 1.29 is 4.52 Å². The Morgan fingerprint density at radius 3 is 3.00 bits per heavy atom. The van der Waals surface area contributed by atoms with Crippen molar-refractivity contribution in [1.29, 1.82) is 0 Å². The first kappa shape index (κ1) is 12.4. The number of nitrogens with one attached hydrogen (secondary N) is 2. The number of nitrogens with zero attached hydrogens (tertiary/aromatic N) is 3. The second-order valence-corrected chi connectivity index (χ2v) is 3.74. The molecule has 0 aliphatic rings. The van der Waals surface area contributed by atoms with E-state index in [0.29, 0.717) is 30.7 Å². The van der Waals surface area contributed by atoms with Gasteiger partial charge in [-0.3, -0.25) is 10.4 Å². The molecule has 7 nitrogen and oxygen atoms in total. The summed E-state index contributed by atoms with van der Waals surface area (Å²) in [4.78, 5) is 8.17. The fourth-order valence-electron chi connectivity index (χ4n) is 1.02. The Morgan fingerprint density at radius 2 is 2.44 bits per heavy atom. The monoisotopic (exact) mass is 226 g/mol. The summed E-state index contributed by atoms with van der Waals surface area (Å²) in [5.74, 6) is 6.99. The molecule has 90 valence electrons. The van der Waals surface area contributed by atoms with Gasteiger partial charge in [0.15, 0.2) is 6.33 Å². The van der Waals surface area contributed by atoms with E-state index in [1.165, 1.54) is 6.33 Å². The van der Waals surface area contributed by atoms with Crippen molar-refractivity contribution in [2.45, 2.75) is 20.3 Å². The zero-order valence-corrected chi connectivity index (χ0v) is 9.60. The van der Waals surface area contributed by atoms with Crippen LogP contribution in [0, 0.1) is 5.92 Å². The van der Waals surface area contributed by atoms with Gasteiger partial charge in [0.05, 0.1) is 0 Å². The Balaban J connectivity index is 2.26. The van der Waals surface area contributed by atoms with Gasteiger partial charge in [0.2, 0.25) is 11.9 Å². The first-order valence-corrected chi connectivity index (χ1v) is 5.23. The van der Waals surface area contributed by atoms with Crippen LogP contribution in [-0.2, 0) is 6.42 Å². The normalized spacial score (nSPS) is 11.9. The second-order valence-electron chi connectivity index (χ2n) is 3.74. The van der Waals surface area contributed by atoms with Crippen molar-refractivity contribution in [3.05, 3.63) is 12.2 Å². The van der Waals surface area contributed by atoms with E-state index in [2.05, 4.69) is 39.7 Å². The van der Waals surface area contributed by atoms with Crippen LogP contribution in [0.25, 0.3) is 0 Å². The van der Waals surface area contributed by atoms with Crippen LogP contribution in [0.2, 0.25) is 0 Å². The Bertz CT molecular complexity index is 308. The van der Waals surface area contributed by atoms with E-state index in [4.69, 9.17) is 10.4 Å². The van der Waals surface area contributed by atoms with Crippen LogP contribution in [0.4, 0.5) is 0 Å². The number of hydrogen-bond acceptors (Lipinski definition) is 5. The van der Waals surface area contributed by atoms with Crippen LogP contribution < -0.4 is 16.6 Å². The molecule has 1 aromatic heterocycles. The Morgan fingerprint density at radius 1 is 1.62 bits per heavy atom. The highest BCUT2D eigenvalue weighted by Gasteiger charge is 2.00. The Kier molecular flexibility index (Phi) is 5.27. The van der Waals surface area contributed by atoms with Crippen molar-refractivity contribution in [1.82, 2.24) is 20.9 Å². The molecule has 0 unspecified atom stereocenters. The zero-order valence-electron chi connectivity index (χ0n) is 9.60. The molecule has 0 aromatic carbocycles. The SMILES string of the molecule is CC(C)CN=C(NN)NCCc1ncno1. The minimum atomic E-state index is 0.501. The molecule has 0 amide bonds. The quantitative estimate of drug-likeness (QED) is 0.275. The summed E-state index contributed by atoms with van der Waals surface area (Å²) >= 11 is 0. The van der Waals surface area contributed by atoms with Crippen molar-refractivity contribution in [2.75, 3.05) is 13.1 Å². The summed E-state index contributed by atoms with van der Waals surface area (Å²) in [6.45, 7) is 5.56. The van der Waals surface area contributed by atoms with Crippen LogP contribution in [0.5, 0.6) is 0 Å². The molecule has 0 radical (unpaired) electrons. The predicted molar refractivity (Wildman–Crippen MR) is 60.5 cm³/mol. The number of hydrazine groups is 1. The lowest BCUT2D eigenvalue weighted by Crippen LogP contribution is -2.42. The average molecular weight is 226 g/mol. The van der Waals surface area contributed by atoms with Crippen molar-refractivity contribution in [3.8, 4) is 0 Å². The van der Waals surface area contributed by atoms with Gasteiger partial charge in [0.25, 0.3) is 0 Å². The average Bonchev–Trinajstić information content (AvgIpc) is 2.75. The third-order valence-corrected chi connectivity index (χ3v) is 1.79. The smallest absolute Gasteiger partial charge is 0.228 e. The summed E-state index contributed by atoms with van der Waals surface area (Å²) in [6, 6.07) is 0. The number of aliphatic imine (C=N–C) groups is 1. The Labute approximate surface area is 94.5 Å². The summed E-state index contributed by atoms with van der Waals surface area (Å²) in [5.41, 5.74) is 2.51. The molecule has 0 saturated carbocycles. The van der Waals surface area contributed by atoms with E-state index < -0.39 is 0 Å². The summed E-state index contributed by atoms with van der Waals surface area (Å²) in [6.07, 6.45) is 2.02. The number of aromatic nitrogens is 2. The summed E-state index contributed by atoms with van der Waals surface area (Å²) in [5, 5.41) is 6.56. The third-order valence-electron chi connectivity index (χ3n) is 1.79. The molecule has 0 aliphatic heterocycles. The number of rotatable bonds is 5. The number of hydrogen-bond donors (Lipinski definition) is 3. The van der Waals surface area contributed by atoms with Crippen molar-refractivity contribution >= 4 is 5.96 Å². The van der Waals surface area contributed by atoms with Gasteiger partial charge >= 0.3 is 0 Å². The van der Waals surface area contributed by atoms with Crippen LogP contribution >= 0.6 is 0 Å². The largest absolute Gasteiger partial charge is 0.355 e. The summed E-state index contributed by atoms with van der Waals surface area (Å²) in [7, 11) is 0. The van der Waals surface area contributed by atoms with Crippen molar-refractivity contribution in [2.24, 2.45) is 16.8 Å². The maximum absolute atomic E-state index is 5.32. The topological polar surface area (TPSA) is 101 Å². The minimum Gasteiger partial charge on any atom is -0.355 e. The molecule has 1 rings (SSSR count). The maximum Gasteiger partial charge on any atom is 0.228 e. The molecule has 0 saturated heterocycles. The lowest BCUT2D eigenvalue weighted by molar-refractivity contribution is 0.377. The van der Waals surface area contributed by atoms with Crippen LogP contribution in [-0.4, -0.2) is 29.2 Å². The molecule has 0 fully saturated rings. The van der Waals surface area contributed by atoms with E-state index in [1.807, 2.05) is 0 Å². The van der Waals surface area contributed by atoms with Gasteiger partial charge in [0, 0.05) is 19.5 Å².